The largest absolute Gasteiger partial charge is 1.00 e. The molecule has 0 N–H and O–H groups in total. The van der Waals surface area contributed by atoms with Crippen LogP contribution in [-0.2, 0) is 12.0 Å². The van der Waals surface area contributed by atoms with Gasteiger partial charge in [-0.05, 0) is 18.1 Å². The predicted octanol–water partition coefficient (Wildman–Crippen LogP) is 7.70. The summed E-state index contributed by atoms with van der Waals surface area (Å²) in [5.74, 6) is 0. The summed E-state index contributed by atoms with van der Waals surface area (Å²) in [6.45, 7) is 43.5. The van der Waals surface area contributed by atoms with E-state index in [1.54, 1.807) is 0 Å². The van der Waals surface area contributed by atoms with Crippen molar-refractivity contribution in [2.45, 2.75) is 74.4 Å². The molecule has 0 bridgehead atoms. The lowest BCUT2D eigenvalue weighted by atomic mass is 9.63. The van der Waals surface area contributed by atoms with Gasteiger partial charge in [0.2, 0.25) is 0 Å². The number of benzene rings is 1. The highest BCUT2D eigenvalue weighted by molar-refractivity contribution is 5.36. The molecule has 222 valence electrons. The summed E-state index contributed by atoms with van der Waals surface area (Å²) in [7, 11) is 0. The van der Waals surface area contributed by atoms with Gasteiger partial charge in [0.15, 0.2) is 0 Å². The summed E-state index contributed by atoms with van der Waals surface area (Å²) in [6, 6.07) is 8.79. The van der Waals surface area contributed by atoms with Crippen molar-refractivity contribution in [1.82, 2.24) is 0 Å². The molecule has 1 aromatic rings. The molecule has 0 aliphatic carbocycles. The van der Waals surface area contributed by atoms with Crippen LogP contribution in [0.2, 0.25) is 0 Å². The third-order valence-corrected chi connectivity index (χ3v) is 8.75. The Morgan fingerprint density at radius 2 is 0.854 bits per heavy atom. The molecule has 0 aliphatic heterocycles. The topological polar surface area (TPSA) is 0 Å². The molecule has 1 nitrogen and oxygen atoms in total. The van der Waals surface area contributed by atoms with E-state index < -0.39 is 5.54 Å². The van der Waals surface area contributed by atoms with Crippen molar-refractivity contribution in [1.29, 1.82) is 0 Å². The van der Waals surface area contributed by atoms with Crippen LogP contribution >= 0.6 is 0 Å². The van der Waals surface area contributed by atoms with Gasteiger partial charge in [0.25, 0.3) is 0 Å². The molecule has 0 saturated carbocycles. The maximum atomic E-state index is 4.38. The SMILES string of the molecule is C=CCc1ccccc1C(CC=C)(CC=C)[N+](CC=C)(C(CC=C)(CC=C)CC=C)C(CC=C)(CC=C)CC=C.[Br-]. The Balaban J connectivity index is 0.0000160. The smallest absolute Gasteiger partial charge is 0.133 e. The van der Waals surface area contributed by atoms with E-state index in [4.69, 9.17) is 0 Å². The van der Waals surface area contributed by atoms with E-state index in [0.29, 0.717) is 11.0 Å². The fraction of sp³-hybridized carbons (Fsp3) is 0.333. The van der Waals surface area contributed by atoms with Crippen LogP contribution in [0.3, 0.4) is 0 Å². The summed E-state index contributed by atoms with van der Waals surface area (Å²) < 4.78 is 0.650. The van der Waals surface area contributed by atoms with Gasteiger partial charge < -0.3 is 21.5 Å². The van der Waals surface area contributed by atoms with Crippen LogP contribution in [0.1, 0.15) is 62.5 Å². The summed E-state index contributed by atoms with van der Waals surface area (Å²) in [4.78, 5) is 0. The lowest BCUT2D eigenvalue weighted by Crippen LogP contribution is -3.00. The minimum atomic E-state index is -0.485. The Labute approximate surface area is 263 Å². The highest BCUT2D eigenvalue weighted by atomic mass is 79.9. The van der Waals surface area contributed by atoms with Gasteiger partial charge in [0.1, 0.15) is 16.6 Å². The number of halogens is 1. The molecule has 0 heterocycles. The normalized spacial score (nSPS) is 11.7. The summed E-state index contributed by atoms with van der Waals surface area (Å²) in [5.41, 5.74) is 1.30. The first-order valence-electron chi connectivity index (χ1n) is 14.4. The quantitative estimate of drug-likeness (QED) is 0.0825. The van der Waals surface area contributed by atoms with Crippen LogP contribution in [0.15, 0.2) is 151 Å². The van der Waals surface area contributed by atoms with Crippen LogP contribution < -0.4 is 17.0 Å². The van der Waals surface area contributed by atoms with E-state index in [1.807, 2.05) is 6.08 Å². The molecular weight excluding hydrogens is 562 g/mol. The number of quaternary nitrogens is 1. The van der Waals surface area contributed by atoms with Crippen molar-refractivity contribution in [2.24, 2.45) is 0 Å². The summed E-state index contributed by atoms with van der Waals surface area (Å²) in [5, 5.41) is 0. The van der Waals surface area contributed by atoms with Gasteiger partial charge in [-0.25, -0.2) is 0 Å². The predicted molar refractivity (Wildman–Crippen MR) is 181 cm³/mol. The molecule has 41 heavy (non-hydrogen) atoms. The Morgan fingerprint density at radius 1 is 0.488 bits per heavy atom. The third kappa shape index (κ3) is 7.11. The van der Waals surface area contributed by atoms with Crippen LogP contribution in [0.25, 0.3) is 0 Å². The number of hydrogen-bond acceptors (Lipinski definition) is 0. The minimum absolute atomic E-state index is 0. The molecule has 0 radical (unpaired) electrons. The van der Waals surface area contributed by atoms with E-state index >= 15 is 0 Å². The fourth-order valence-corrected chi connectivity index (χ4v) is 7.82. The molecule has 0 aromatic heterocycles. The van der Waals surface area contributed by atoms with Gasteiger partial charge in [-0.3, -0.25) is 0 Å². The number of nitrogens with zero attached hydrogens (tertiary/aromatic N) is 1. The standard InChI is InChI=1S/C39H54N.BrH/c1-11-23-35-24-21-22-25-36(35)39(32-18-8,33-19-9)40(34-20-10,37(26-12-2,27-13-3)28-14-4)38(29-15-5,30-16-6)31-17-7;/h11-22,24-25H,1-10,23,26-34H2;1H/q+1;/p-1. The number of rotatable bonds is 24. The maximum absolute atomic E-state index is 4.38. The Bertz CT molecular complexity index is 970. The van der Waals surface area contributed by atoms with E-state index in [-0.39, 0.29) is 28.1 Å². The van der Waals surface area contributed by atoms with Crippen LogP contribution in [0.4, 0.5) is 0 Å². The van der Waals surface area contributed by atoms with E-state index in [2.05, 4.69) is 145 Å². The van der Waals surface area contributed by atoms with Gasteiger partial charge in [0.05, 0.1) is 6.54 Å². The summed E-state index contributed by atoms with van der Waals surface area (Å²) in [6.07, 6.45) is 27.3. The molecule has 0 atom stereocenters. The highest BCUT2D eigenvalue weighted by Gasteiger charge is 2.68. The molecule has 0 fully saturated rings. The fourth-order valence-electron chi connectivity index (χ4n) is 7.82. The first-order chi connectivity index (χ1) is 19.3. The Hall–Kier alpha value is -2.94. The van der Waals surface area contributed by atoms with Crippen molar-refractivity contribution in [2.75, 3.05) is 6.54 Å². The number of hydrogen-bond donors (Lipinski definition) is 0. The second-order valence-corrected chi connectivity index (χ2v) is 10.9. The first kappa shape index (κ1) is 38.1. The van der Waals surface area contributed by atoms with E-state index in [9.17, 15) is 0 Å². The lowest BCUT2D eigenvalue weighted by molar-refractivity contribution is -1.06. The average Bonchev–Trinajstić information content (AvgIpc) is 2.93. The second kappa shape index (κ2) is 18.5. The van der Waals surface area contributed by atoms with E-state index in [1.165, 1.54) is 11.1 Å². The highest BCUT2D eigenvalue weighted by Crippen LogP contribution is 2.60. The molecule has 0 spiro atoms. The first-order valence-corrected chi connectivity index (χ1v) is 14.4. The van der Waals surface area contributed by atoms with Crippen molar-refractivity contribution >= 4 is 0 Å². The Kier molecular flexibility index (Phi) is 17.2. The van der Waals surface area contributed by atoms with Gasteiger partial charge >= 0.3 is 0 Å². The van der Waals surface area contributed by atoms with Crippen LogP contribution in [-0.4, -0.2) is 22.1 Å². The molecule has 1 rings (SSSR count). The van der Waals surface area contributed by atoms with Crippen molar-refractivity contribution < 1.29 is 21.5 Å². The third-order valence-electron chi connectivity index (χ3n) is 8.75. The van der Waals surface area contributed by atoms with Crippen LogP contribution in [0.5, 0.6) is 0 Å². The van der Waals surface area contributed by atoms with Crippen LogP contribution in [0, 0.1) is 0 Å². The molecule has 0 amide bonds. The van der Waals surface area contributed by atoms with Crippen molar-refractivity contribution in [3.63, 3.8) is 0 Å². The Morgan fingerprint density at radius 3 is 1.17 bits per heavy atom. The lowest BCUT2D eigenvalue weighted by Gasteiger charge is -2.70. The summed E-state index contributed by atoms with van der Waals surface area (Å²) >= 11 is 0. The maximum Gasteiger partial charge on any atom is 0.133 e. The zero-order chi connectivity index (χ0) is 30.1. The molecule has 0 saturated heterocycles. The van der Waals surface area contributed by atoms with E-state index in [0.717, 1.165) is 57.8 Å². The van der Waals surface area contributed by atoms with Crippen molar-refractivity contribution in [3.8, 4) is 0 Å². The molecule has 2 heteroatoms. The molecule has 1 aromatic carbocycles. The van der Waals surface area contributed by atoms with Crippen molar-refractivity contribution in [3.05, 3.63) is 162 Å². The molecule has 0 unspecified atom stereocenters. The van der Waals surface area contributed by atoms with Gasteiger partial charge in [-0.15, -0.1) is 59.2 Å². The molecular formula is C39H54BrN. The number of allylic oxidation sites excluding steroid dienone is 1. The molecule has 0 aliphatic rings. The zero-order valence-electron chi connectivity index (χ0n) is 25.6. The average molecular weight is 617 g/mol. The second-order valence-electron chi connectivity index (χ2n) is 10.9. The monoisotopic (exact) mass is 615 g/mol. The zero-order valence-corrected chi connectivity index (χ0v) is 27.1. The van der Waals surface area contributed by atoms with Gasteiger partial charge in [0, 0.05) is 56.9 Å². The van der Waals surface area contributed by atoms with Gasteiger partial charge in [-0.1, -0.05) is 85.5 Å². The minimum Gasteiger partial charge on any atom is -1.00 e. The van der Waals surface area contributed by atoms with Gasteiger partial charge in [-0.2, -0.15) is 0 Å².